The summed E-state index contributed by atoms with van der Waals surface area (Å²) in [6, 6.07) is 29.2. The van der Waals surface area contributed by atoms with Crippen LogP contribution in [0.25, 0.3) is 44.3 Å². The molecule has 0 atom stereocenters. The number of nitrogens with zero attached hydrogens (tertiary/aromatic N) is 2. The molecule has 0 fully saturated rings. The third-order valence-corrected chi connectivity index (χ3v) is 6.86. The lowest BCUT2D eigenvalue weighted by atomic mass is 10.1. The summed E-state index contributed by atoms with van der Waals surface area (Å²) in [5, 5.41) is 2.16. The Balaban J connectivity index is 1.44. The average Bonchev–Trinajstić information content (AvgIpc) is 2.93. The van der Waals surface area contributed by atoms with Crippen LogP contribution in [0.15, 0.2) is 84.9 Å². The molecule has 4 nitrogen and oxygen atoms in total. The topological polar surface area (TPSA) is 44.2 Å². The van der Waals surface area contributed by atoms with E-state index < -0.39 is 0 Å². The van der Waals surface area contributed by atoms with Gasteiger partial charge in [-0.05, 0) is 49.2 Å². The Labute approximate surface area is 211 Å². The van der Waals surface area contributed by atoms with Gasteiger partial charge in [0.1, 0.15) is 11.5 Å². The number of ether oxygens (including phenoxy) is 2. The van der Waals surface area contributed by atoms with E-state index in [9.17, 15) is 0 Å². The summed E-state index contributed by atoms with van der Waals surface area (Å²) in [5.41, 5.74) is 5.76. The molecule has 3 heterocycles. The summed E-state index contributed by atoms with van der Waals surface area (Å²) in [6.07, 6.45) is 6.99. The van der Waals surface area contributed by atoms with Crippen molar-refractivity contribution in [3.05, 3.63) is 84.9 Å². The summed E-state index contributed by atoms with van der Waals surface area (Å²) < 4.78 is 12.1. The number of fused-ring (bicyclic) bond motifs is 8. The van der Waals surface area contributed by atoms with Crippen LogP contribution < -0.4 is 9.47 Å². The Hall–Kier alpha value is -3.92. The lowest BCUT2D eigenvalue weighted by Gasteiger charge is -2.11. The van der Waals surface area contributed by atoms with E-state index in [0.29, 0.717) is 0 Å². The van der Waals surface area contributed by atoms with Gasteiger partial charge in [-0.3, -0.25) is 0 Å². The second kappa shape index (κ2) is 10.4. The fourth-order valence-corrected chi connectivity index (χ4v) is 4.87. The average molecular weight is 475 g/mol. The Bertz CT molecular complexity index is 1400. The molecule has 8 bridgehead atoms. The molecular formula is C32H30N2O2. The molecular weight excluding hydrogens is 444 g/mol. The van der Waals surface area contributed by atoms with Crippen molar-refractivity contribution in [2.75, 3.05) is 13.2 Å². The van der Waals surface area contributed by atoms with E-state index in [1.54, 1.807) is 0 Å². The molecule has 6 rings (SSSR count). The highest BCUT2D eigenvalue weighted by Crippen LogP contribution is 2.30. The van der Waals surface area contributed by atoms with Crippen LogP contribution in [0.2, 0.25) is 0 Å². The second-order valence-electron chi connectivity index (χ2n) is 9.48. The van der Waals surface area contributed by atoms with Crippen molar-refractivity contribution in [3.8, 4) is 34.0 Å². The molecule has 1 aliphatic heterocycles. The van der Waals surface area contributed by atoms with Crippen molar-refractivity contribution in [2.24, 2.45) is 0 Å². The van der Waals surface area contributed by atoms with Crippen LogP contribution in [-0.2, 0) is 0 Å². The molecule has 0 amide bonds. The molecule has 2 aromatic heterocycles. The number of hydrogen-bond acceptors (Lipinski definition) is 4. The Morgan fingerprint density at radius 2 is 0.917 bits per heavy atom. The van der Waals surface area contributed by atoms with E-state index >= 15 is 0 Å². The third kappa shape index (κ3) is 4.90. The van der Waals surface area contributed by atoms with Crippen LogP contribution in [0.3, 0.4) is 0 Å². The second-order valence-corrected chi connectivity index (χ2v) is 9.48. The van der Waals surface area contributed by atoms with Crippen molar-refractivity contribution in [1.82, 2.24) is 9.97 Å². The van der Waals surface area contributed by atoms with Gasteiger partial charge < -0.3 is 9.47 Å². The first-order valence-corrected chi connectivity index (χ1v) is 13.0. The van der Waals surface area contributed by atoms with Crippen molar-refractivity contribution in [1.29, 1.82) is 0 Å². The smallest absolute Gasteiger partial charge is 0.119 e. The van der Waals surface area contributed by atoms with E-state index in [4.69, 9.17) is 19.4 Å². The third-order valence-electron chi connectivity index (χ3n) is 6.86. The highest BCUT2D eigenvalue weighted by Gasteiger charge is 2.10. The predicted molar refractivity (Wildman–Crippen MR) is 147 cm³/mol. The summed E-state index contributed by atoms with van der Waals surface area (Å²) in [4.78, 5) is 10.2. The van der Waals surface area contributed by atoms with Gasteiger partial charge in [0.25, 0.3) is 0 Å². The molecule has 180 valence electrons. The van der Waals surface area contributed by atoms with Crippen LogP contribution in [0.5, 0.6) is 11.5 Å². The van der Waals surface area contributed by atoms with Gasteiger partial charge in [-0.1, -0.05) is 74.2 Å². The molecule has 0 N–H and O–H groups in total. The number of pyridine rings is 2. The van der Waals surface area contributed by atoms with E-state index in [0.717, 1.165) is 81.9 Å². The largest absolute Gasteiger partial charge is 0.494 e. The minimum Gasteiger partial charge on any atom is -0.494 e. The van der Waals surface area contributed by atoms with Gasteiger partial charge in [0.05, 0.1) is 35.6 Å². The van der Waals surface area contributed by atoms with Gasteiger partial charge >= 0.3 is 0 Å². The van der Waals surface area contributed by atoms with Gasteiger partial charge in [0.2, 0.25) is 0 Å². The molecule has 1 aliphatic rings. The Kier molecular flexibility index (Phi) is 6.49. The first-order chi connectivity index (χ1) is 17.8. The van der Waals surface area contributed by atoms with Gasteiger partial charge in [-0.2, -0.15) is 0 Å². The monoisotopic (exact) mass is 474 g/mol. The zero-order valence-corrected chi connectivity index (χ0v) is 20.5. The maximum Gasteiger partial charge on any atom is 0.119 e. The molecule has 0 unspecified atom stereocenters. The standard InChI is InChI=1S/C32H30N2O2/c1-2-4-6-20-36-28-12-8-10-26(22-28)30-18-16-24-14-13-23-15-17-29(33-31(23)32(24)34-30)25-9-7-11-27(21-25)35-19-5-3-1/h7-18,21-22H,1-6,19-20H2. The van der Waals surface area contributed by atoms with Crippen LogP contribution in [0, 0.1) is 0 Å². The van der Waals surface area contributed by atoms with Crippen LogP contribution >= 0.6 is 0 Å². The normalized spacial score (nSPS) is 14.8. The fourth-order valence-electron chi connectivity index (χ4n) is 4.87. The molecule has 0 spiro atoms. The summed E-state index contributed by atoms with van der Waals surface area (Å²) in [7, 11) is 0. The van der Waals surface area contributed by atoms with E-state index in [-0.39, 0.29) is 0 Å². The Morgan fingerprint density at radius 1 is 0.472 bits per heavy atom. The Morgan fingerprint density at radius 3 is 1.42 bits per heavy atom. The molecule has 0 saturated carbocycles. The SMILES string of the molecule is c1cc2cc(c1)-c1ccc3ccc4ccc(nc4c3n1)-c1cccc(c1)OCCCCCCCCO2. The molecule has 3 aromatic carbocycles. The first kappa shape index (κ1) is 22.5. The van der Waals surface area contributed by atoms with Crippen molar-refractivity contribution in [3.63, 3.8) is 0 Å². The van der Waals surface area contributed by atoms with E-state index in [1.807, 2.05) is 24.3 Å². The summed E-state index contributed by atoms with van der Waals surface area (Å²) in [5.74, 6) is 1.79. The first-order valence-electron chi connectivity index (χ1n) is 13.0. The van der Waals surface area contributed by atoms with Crippen LogP contribution in [0.4, 0.5) is 0 Å². The lowest BCUT2D eigenvalue weighted by molar-refractivity contribution is 0.297. The maximum atomic E-state index is 6.07. The fraction of sp³-hybridized carbons (Fsp3) is 0.250. The van der Waals surface area contributed by atoms with Crippen molar-refractivity contribution < 1.29 is 9.47 Å². The minimum absolute atomic E-state index is 0.741. The van der Waals surface area contributed by atoms with E-state index in [1.165, 1.54) is 25.7 Å². The summed E-state index contributed by atoms with van der Waals surface area (Å²) in [6.45, 7) is 1.48. The molecule has 0 saturated heterocycles. The molecule has 5 aromatic rings. The van der Waals surface area contributed by atoms with E-state index in [2.05, 4.69) is 60.7 Å². The van der Waals surface area contributed by atoms with Crippen molar-refractivity contribution in [2.45, 2.75) is 38.5 Å². The zero-order valence-electron chi connectivity index (χ0n) is 20.5. The quantitative estimate of drug-likeness (QED) is 0.212. The van der Waals surface area contributed by atoms with Gasteiger partial charge in [-0.15, -0.1) is 0 Å². The highest BCUT2D eigenvalue weighted by atomic mass is 16.5. The molecule has 4 heteroatoms. The van der Waals surface area contributed by atoms with Crippen LogP contribution in [-0.4, -0.2) is 23.2 Å². The summed E-state index contributed by atoms with van der Waals surface area (Å²) >= 11 is 0. The van der Waals surface area contributed by atoms with Crippen molar-refractivity contribution >= 4 is 21.8 Å². The minimum atomic E-state index is 0.741. The maximum absolute atomic E-state index is 6.07. The number of rotatable bonds is 0. The predicted octanol–water partition coefficient (Wildman–Crippen LogP) is 8.23. The molecule has 36 heavy (non-hydrogen) atoms. The molecule has 0 aliphatic carbocycles. The lowest BCUT2D eigenvalue weighted by Crippen LogP contribution is -1.99. The number of hydrogen-bond donors (Lipinski definition) is 0. The van der Waals surface area contributed by atoms with Gasteiger partial charge in [0, 0.05) is 21.9 Å². The van der Waals surface area contributed by atoms with Gasteiger partial charge in [-0.25, -0.2) is 9.97 Å². The number of aromatic nitrogens is 2. The van der Waals surface area contributed by atoms with Gasteiger partial charge in [0.15, 0.2) is 0 Å². The zero-order chi connectivity index (χ0) is 24.2. The highest BCUT2D eigenvalue weighted by molar-refractivity contribution is 6.04. The van der Waals surface area contributed by atoms with Crippen LogP contribution in [0.1, 0.15) is 38.5 Å². The molecule has 0 radical (unpaired) electrons. The number of benzene rings is 3.